The first-order chi connectivity index (χ1) is 24.9. The Hall–Kier alpha value is -5.61. The summed E-state index contributed by atoms with van der Waals surface area (Å²) in [6.45, 7) is 5.02. The van der Waals surface area contributed by atoms with Crippen molar-refractivity contribution in [2.24, 2.45) is 0 Å². The van der Waals surface area contributed by atoms with Gasteiger partial charge in [-0.1, -0.05) is 66.7 Å². The summed E-state index contributed by atoms with van der Waals surface area (Å²) in [6, 6.07) is 25.9. The molecule has 3 aliphatic heterocycles. The van der Waals surface area contributed by atoms with E-state index in [1.807, 2.05) is 49.4 Å². The molecule has 51 heavy (non-hydrogen) atoms. The molecule has 0 radical (unpaired) electrons. The minimum atomic E-state index is -0.994. The second-order valence-electron chi connectivity index (χ2n) is 13.2. The number of piperazine rings is 1. The molecule has 4 aromatic rings. The van der Waals surface area contributed by atoms with Gasteiger partial charge < -0.3 is 38.9 Å². The van der Waals surface area contributed by atoms with Crippen molar-refractivity contribution in [3.05, 3.63) is 89.6 Å². The second kappa shape index (κ2) is 15.1. The van der Waals surface area contributed by atoms with Gasteiger partial charge in [0.1, 0.15) is 25.1 Å². The van der Waals surface area contributed by atoms with Gasteiger partial charge in [0.2, 0.25) is 0 Å². The van der Waals surface area contributed by atoms with E-state index in [2.05, 4.69) is 46.2 Å². The first kappa shape index (κ1) is 33.9. The summed E-state index contributed by atoms with van der Waals surface area (Å²) >= 11 is 0. The summed E-state index contributed by atoms with van der Waals surface area (Å²) in [5.74, 6) is 0.721. The number of fused-ring (bicyclic) bond motifs is 2. The lowest BCUT2D eigenvalue weighted by Gasteiger charge is -2.42. The highest BCUT2D eigenvalue weighted by molar-refractivity contribution is 5.94. The number of ether oxygens (including phenoxy) is 3. The Kier molecular flexibility index (Phi) is 10.0. The highest BCUT2D eigenvalue weighted by atomic mass is 16.6. The minimum Gasteiger partial charge on any atom is -0.465 e. The van der Waals surface area contributed by atoms with Crippen LogP contribution < -0.4 is 14.5 Å². The molecule has 2 fully saturated rings. The zero-order valence-corrected chi connectivity index (χ0v) is 28.6. The van der Waals surface area contributed by atoms with Gasteiger partial charge in [-0.15, -0.1) is 0 Å². The van der Waals surface area contributed by atoms with Crippen molar-refractivity contribution in [2.75, 3.05) is 55.7 Å². The van der Waals surface area contributed by atoms with E-state index in [-0.39, 0.29) is 44.8 Å². The Morgan fingerprint density at radius 2 is 1.76 bits per heavy atom. The van der Waals surface area contributed by atoms with Gasteiger partial charge in [-0.25, -0.2) is 9.59 Å². The molecule has 0 aliphatic carbocycles. The summed E-state index contributed by atoms with van der Waals surface area (Å²) in [5, 5.41) is 21.7. The van der Waals surface area contributed by atoms with Crippen molar-refractivity contribution >= 4 is 34.5 Å². The van der Waals surface area contributed by atoms with Crippen LogP contribution in [-0.2, 0) is 29.0 Å². The second-order valence-corrected chi connectivity index (χ2v) is 13.2. The third kappa shape index (κ3) is 7.46. The largest absolute Gasteiger partial charge is 0.465 e. The van der Waals surface area contributed by atoms with Gasteiger partial charge in [-0.05, 0) is 30.4 Å². The predicted octanol–water partition coefficient (Wildman–Crippen LogP) is 5.08. The molecule has 2 saturated heterocycles. The monoisotopic (exact) mass is 691 g/mol. The Morgan fingerprint density at radius 1 is 0.961 bits per heavy atom. The molecule has 1 aromatic heterocycles. The molecule has 0 spiro atoms. The van der Waals surface area contributed by atoms with E-state index in [1.54, 1.807) is 4.90 Å². The van der Waals surface area contributed by atoms with Gasteiger partial charge in [0.25, 0.3) is 0 Å². The van der Waals surface area contributed by atoms with Crippen LogP contribution in [0.1, 0.15) is 30.2 Å². The first-order valence-electron chi connectivity index (χ1n) is 17.3. The fraction of sp³-hybridized carbons (Fsp3) is 0.395. The topological polar surface area (TPSA) is 145 Å². The van der Waals surface area contributed by atoms with Crippen molar-refractivity contribution in [2.45, 2.75) is 51.1 Å². The molecule has 1 N–H and O–H groups in total. The number of rotatable bonds is 8. The Bertz CT molecular complexity index is 1920. The van der Waals surface area contributed by atoms with Crippen LogP contribution in [0.3, 0.4) is 0 Å². The average Bonchev–Trinajstić information content (AvgIpc) is 3.16. The lowest BCUT2D eigenvalue weighted by molar-refractivity contribution is -0.0657. The van der Waals surface area contributed by atoms with Gasteiger partial charge in [0.05, 0.1) is 50.0 Å². The first-order valence-corrected chi connectivity index (χ1v) is 17.3. The number of hydrogen-bond donors (Lipinski definition) is 1. The van der Waals surface area contributed by atoms with E-state index < -0.39 is 24.3 Å². The number of benzene rings is 3. The molecule has 0 saturated carbocycles. The highest BCUT2D eigenvalue weighted by Crippen LogP contribution is 2.35. The number of nitriles is 1. The predicted molar refractivity (Wildman–Crippen MR) is 190 cm³/mol. The highest BCUT2D eigenvalue weighted by Gasteiger charge is 2.35. The normalized spacial score (nSPS) is 20.4. The Morgan fingerprint density at radius 3 is 2.59 bits per heavy atom. The summed E-state index contributed by atoms with van der Waals surface area (Å²) < 4.78 is 17.7. The van der Waals surface area contributed by atoms with E-state index in [4.69, 9.17) is 24.2 Å². The molecule has 3 aliphatic rings. The molecular formula is C38H41N7O6. The molecule has 0 bridgehead atoms. The number of nitrogens with zero attached hydrogens (tertiary/aromatic N) is 7. The summed E-state index contributed by atoms with van der Waals surface area (Å²) in [4.78, 5) is 42.3. The van der Waals surface area contributed by atoms with Crippen LogP contribution >= 0.6 is 0 Å². The fourth-order valence-corrected chi connectivity index (χ4v) is 7.13. The van der Waals surface area contributed by atoms with Crippen LogP contribution in [-0.4, -0.2) is 101 Å². The third-order valence-electron chi connectivity index (χ3n) is 9.83. The zero-order valence-electron chi connectivity index (χ0n) is 28.6. The van der Waals surface area contributed by atoms with Crippen molar-refractivity contribution in [1.29, 1.82) is 5.26 Å². The molecule has 3 aromatic carbocycles. The molecular weight excluding hydrogens is 650 g/mol. The van der Waals surface area contributed by atoms with E-state index in [9.17, 15) is 20.0 Å². The van der Waals surface area contributed by atoms with Gasteiger partial charge in [0, 0.05) is 42.8 Å². The van der Waals surface area contributed by atoms with Crippen LogP contribution in [0.25, 0.3) is 10.8 Å². The van der Waals surface area contributed by atoms with Gasteiger partial charge in [0.15, 0.2) is 0 Å². The zero-order chi connectivity index (χ0) is 35.3. The lowest BCUT2D eigenvalue weighted by atomic mass is 10.0. The maximum atomic E-state index is 13.2. The lowest BCUT2D eigenvalue weighted by Crippen LogP contribution is -2.55. The van der Waals surface area contributed by atoms with Crippen molar-refractivity contribution in [1.82, 2.24) is 19.8 Å². The smallest absolute Gasteiger partial charge is 0.410 e. The van der Waals surface area contributed by atoms with E-state index in [0.29, 0.717) is 32.6 Å². The SMILES string of the molecule is C[C@@H]1CO[C@@H](COc2nc3c(c(N4CCN(C(=O)OCc5ccccc5)[C@@H](CC#N)C4)n2)CCN(c2cccc4ccccc24)C3)CN1C(=O)O. The fourth-order valence-electron chi connectivity index (χ4n) is 7.13. The number of aromatic nitrogens is 2. The maximum Gasteiger partial charge on any atom is 0.410 e. The molecule has 2 amide bonds. The molecule has 0 unspecified atom stereocenters. The van der Waals surface area contributed by atoms with Crippen LogP contribution in [0.4, 0.5) is 21.1 Å². The van der Waals surface area contributed by atoms with E-state index in [1.165, 1.54) is 4.90 Å². The molecule has 264 valence electrons. The number of anilines is 2. The number of carbonyl (C=O) groups excluding carboxylic acids is 1. The number of carboxylic acid groups (broad SMARTS) is 1. The van der Waals surface area contributed by atoms with Crippen molar-refractivity contribution in [3.8, 4) is 12.1 Å². The van der Waals surface area contributed by atoms with Gasteiger partial charge in [-0.3, -0.25) is 0 Å². The average molecular weight is 692 g/mol. The summed E-state index contributed by atoms with van der Waals surface area (Å²) in [5.41, 5.74) is 3.86. The van der Waals surface area contributed by atoms with Crippen LogP contribution in [0.2, 0.25) is 0 Å². The van der Waals surface area contributed by atoms with Crippen LogP contribution in [0.15, 0.2) is 72.8 Å². The molecule has 13 heteroatoms. The quantitative estimate of drug-likeness (QED) is 0.264. The maximum absolute atomic E-state index is 13.2. The molecule has 3 atom stereocenters. The summed E-state index contributed by atoms with van der Waals surface area (Å²) in [7, 11) is 0. The number of carbonyl (C=O) groups is 2. The van der Waals surface area contributed by atoms with Crippen LogP contribution in [0, 0.1) is 11.3 Å². The van der Waals surface area contributed by atoms with Crippen LogP contribution in [0.5, 0.6) is 6.01 Å². The minimum absolute atomic E-state index is 0.0832. The van der Waals surface area contributed by atoms with Crippen molar-refractivity contribution in [3.63, 3.8) is 0 Å². The Labute approximate surface area is 296 Å². The molecule has 13 nitrogen and oxygen atoms in total. The van der Waals surface area contributed by atoms with E-state index >= 15 is 0 Å². The van der Waals surface area contributed by atoms with Gasteiger partial charge >= 0.3 is 18.2 Å². The standard InChI is InChI=1S/C38H41N7O6/c1-26-23-49-30(21-45(26)37(46)47)25-50-36-40-33-22-42(34-13-7-11-28-10-5-6-12-31(28)34)17-15-32(33)35(41-36)43-18-19-44(29(20-43)14-16-39)38(48)51-24-27-8-3-2-4-9-27/h2-13,26,29-30H,14-15,17-25H2,1H3,(H,46,47)/t26-,29+,30-/m1/s1. The third-order valence-corrected chi connectivity index (χ3v) is 9.83. The Balaban J connectivity index is 1.14. The number of morpholine rings is 1. The van der Waals surface area contributed by atoms with Gasteiger partial charge in [-0.2, -0.15) is 15.2 Å². The molecule has 7 rings (SSSR count). The summed E-state index contributed by atoms with van der Waals surface area (Å²) in [6.07, 6.45) is -1.09. The van der Waals surface area contributed by atoms with E-state index in [0.717, 1.165) is 45.6 Å². The number of hydrogen-bond acceptors (Lipinski definition) is 10. The number of amides is 2. The van der Waals surface area contributed by atoms with Crippen molar-refractivity contribution < 1.29 is 28.9 Å². The molecule has 4 heterocycles.